The first-order valence-electron chi connectivity index (χ1n) is 8.50. The second kappa shape index (κ2) is 7.77. The summed E-state index contributed by atoms with van der Waals surface area (Å²) in [5.74, 6) is -1.28. The van der Waals surface area contributed by atoms with Gasteiger partial charge in [-0.1, -0.05) is 6.07 Å². The fourth-order valence-corrected chi connectivity index (χ4v) is 4.65. The second-order valence-electron chi connectivity index (χ2n) is 6.90. The van der Waals surface area contributed by atoms with Crippen molar-refractivity contribution in [2.45, 2.75) is 47.9 Å². The lowest BCUT2D eigenvalue weighted by Crippen LogP contribution is -2.42. The van der Waals surface area contributed by atoms with Crippen LogP contribution in [0.4, 0.5) is 26.3 Å². The Balaban J connectivity index is 1.81. The monoisotopic (exact) mass is 438 g/mol. The summed E-state index contributed by atoms with van der Waals surface area (Å²) in [4.78, 5) is 6.63. The summed E-state index contributed by atoms with van der Waals surface area (Å²) < 4.78 is 94.4. The number of hydrogen-bond donors (Lipinski definition) is 0. The van der Waals surface area contributed by atoms with Gasteiger partial charge in [-0.25, -0.2) is 9.97 Å². The summed E-state index contributed by atoms with van der Waals surface area (Å²) in [6, 6.07) is 4.31. The van der Waals surface area contributed by atoms with E-state index in [4.69, 9.17) is 4.74 Å². The number of benzene rings is 1. The van der Waals surface area contributed by atoms with E-state index < -0.39 is 45.8 Å². The second-order valence-corrected chi connectivity index (χ2v) is 8.89. The van der Waals surface area contributed by atoms with E-state index in [1.807, 2.05) is 0 Å². The van der Waals surface area contributed by atoms with Crippen LogP contribution in [-0.4, -0.2) is 25.9 Å². The lowest BCUT2D eigenvalue weighted by atomic mass is 9.93. The van der Waals surface area contributed by atoms with Crippen LogP contribution in [0.2, 0.25) is 0 Å². The largest absolute Gasteiger partial charge is 0.611 e. The van der Waals surface area contributed by atoms with Crippen molar-refractivity contribution in [2.24, 2.45) is 0 Å². The van der Waals surface area contributed by atoms with Crippen molar-refractivity contribution in [3.63, 3.8) is 0 Å². The number of hydrogen-bond acceptors (Lipinski definition) is 4. The standard InChI is InChI=1S/C18H16F6N2O2S/c1-16(29(27)13-4-2-3-12(7-13)17(19,20)21)5-6-28-14(8-16)11-9-25-15(26-10-11)18(22,23)24/h2-4,7,9-10,14H,5-6,8H2,1H3. The highest BCUT2D eigenvalue weighted by Crippen LogP contribution is 2.42. The molecule has 1 saturated heterocycles. The average molecular weight is 438 g/mol. The van der Waals surface area contributed by atoms with E-state index in [-0.39, 0.29) is 23.5 Å². The summed E-state index contributed by atoms with van der Waals surface area (Å²) in [7, 11) is 0. The highest BCUT2D eigenvalue weighted by atomic mass is 32.2. The molecule has 11 heteroatoms. The number of rotatable bonds is 3. The third-order valence-electron chi connectivity index (χ3n) is 4.69. The van der Waals surface area contributed by atoms with Gasteiger partial charge in [0, 0.05) is 36.9 Å². The molecule has 0 bridgehead atoms. The minimum Gasteiger partial charge on any atom is -0.611 e. The molecule has 3 unspecified atom stereocenters. The Bertz CT molecular complexity index is 859. The molecule has 0 saturated carbocycles. The van der Waals surface area contributed by atoms with Gasteiger partial charge in [-0.05, 0) is 30.2 Å². The molecule has 29 heavy (non-hydrogen) atoms. The molecule has 0 N–H and O–H groups in total. The molecule has 1 aromatic carbocycles. The van der Waals surface area contributed by atoms with Gasteiger partial charge in [0.15, 0.2) is 4.90 Å². The van der Waals surface area contributed by atoms with Gasteiger partial charge >= 0.3 is 12.4 Å². The Hall–Kier alpha value is -1.85. The van der Waals surface area contributed by atoms with Crippen molar-refractivity contribution in [3.8, 4) is 0 Å². The molecule has 3 atom stereocenters. The number of nitrogens with zero attached hydrogens (tertiary/aromatic N) is 2. The van der Waals surface area contributed by atoms with Crippen LogP contribution in [0.15, 0.2) is 41.6 Å². The molecule has 1 aliphatic rings. The zero-order valence-corrected chi connectivity index (χ0v) is 15.9. The van der Waals surface area contributed by atoms with E-state index in [0.717, 1.165) is 24.5 Å². The van der Waals surface area contributed by atoms with Crippen LogP contribution in [0.5, 0.6) is 0 Å². The minimum atomic E-state index is -4.68. The third kappa shape index (κ3) is 4.84. The number of alkyl halides is 6. The molecule has 0 radical (unpaired) electrons. The van der Waals surface area contributed by atoms with Gasteiger partial charge in [0.05, 0.1) is 18.3 Å². The molecule has 2 aromatic rings. The van der Waals surface area contributed by atoms with Crippen molar-refractivity contribution in [1.29, 1.82) is 0 Å². The fraction of sp³-hybridized carbons (Fsp3) is 0.444. The zero-order valence-electron chi connectivity index (χ0n) is 15.0. The van der Waals surface area contributed by atoms with Crippen molar-refractivity contribution in [3.05, 3.63) is 53.6 Å². The highest BCUT2D eigenvalue weighted by Gasteiger charge is 2.45. The molecule has 2 heterocycles. The topological polar surface area (TPSA) is 58.1 Å². The van der Waals surface area contributed by atoms with Gasteiger partial charge < -0.3 is 9.29 Å². The van der Waals surface area contributed by atoms with Crippen LogP contribution in [0.25, 0.3) is 0 Å². The number of halogens is 6. The summed E-state index contributed by atoms with van der Waals surface area (Å²) in [6.07, 6.45) is -7.51. The highest BCUT2D eigenvalue weighted by molar-refractivity contribution is 7.92. The quantitative estimate of drug-likeness (QED) is 0.504. The van der Waals surface area contributed by atoms with E-state index in [0.29, 0.717) is 6.42 Å². The van der Waals surface area contributed by atoms with Crippen LogP contribution in [0.3, 0.4) is 0 Å². The number of aromatic nitrogens is 2. The SMILES string of the molecule is CC1([S+]([O-])c2cccc(C(F)(F)F)c2)CCOC(c2cnc(C(F)(F)F)nc2)C1. The van der Waals surface area contributed by atoms with Gasteiger partial charge in [0.2, 0.25) is 5.82 Å². The molecule has 3 rings (SSSR count). The van der Waals surface area contributed by atoms with Crippen LogP contribution in [0.1, 0.15) is 42.8 Å². The smallest absolute Gasteiger partial charge is 0.451 e. The number of ether oxygens (including phenoxy) is 1. The molecule has 0 amide bonds. The fourth-order valence-electron chi connectivity index (χ4n) is 3.08. The Morgan fingerprint density at radius 3 is 2.34 bits per heavy atom. The van der Waals surface area contributed by atoms with Crippen LogP contribution < -0.4 is 0 Å². The zero-order chi connectivity index (χ0) is 21.4. The Morgan fingerprint density at radius 2 is 1.76 bits per heavy atom. The molecular formula is C18H16F6N2O2S. The molecule has 158 valence electrons. The lowest BCUT2D eigenvalue weighted by molar-refractivity contribution is -0.145. The maximum Gasteiger partial charge on any atom is 0.451 e. The van der Waals surface area contributed by atoms with Crippen LogP contribution in [0, 0.1) is 0 Å². The molecule has 1 aromatic heterocycles. The van der Waals surface area contributed by atoms with Crippen LogP contribution >= 0.6 is 0 Å². The molecule has 4 nitrogen and oxygen atoms in total. The minimum absolute atomic E-state index is 0.0339. The molecule has 1 fully saturated rings. The lowest BCUT2D eigenvalue weighted by Gasteiger charge is -2.38. The van der Waals surface area contributed by atoms with E-state index in [9.17, 15) is 30.9 Å². The van der Waals surface area contributed by atoms with Gasteiger partial charge in [0.25, 0.3) is 0 Å². The molecular weight excluding hydrogens is 422 g/mol. The maximum absolute atomic E-state index is 13.1. The summed E-state index contributed by atoms with van der Waals surface area (Å²) in [6.45, 7) is 1.80. The normalized spacial score (nSPS) is 24.3. The van der Waals surface area contributed by atoms with E-state index in [1.54, 1.807) is 6.92 Å². The van der Waals surface area contributed by atoms with Gasteiger partial charge in [-0.3, -0.25) is 0 Å². The van der Waals surface area contributed by atoms with Gasteiger partial charge in [-0.15, -0.1) is 0 Å². The van der Waals surface area contributed by atoms with E-state index in [2.05, 4.69) is 9.97 Å². The molecule has 1 aliphatic heterocycles. The predicted molar refractivity (Wildman–Crippen MR) is 91.2 cm³/mol. The van der Waals surface area contributed by atoms with Gasteiger partial charge in [-0.2, -0.15) is 26.3 Å². The Kier molecular flexibility index (Phi) is 5.85. The molecule has 0 aliphatic carbocycles. The van der Waals surface area contributed by atoms with E-state index in [1.165, 1.54) is 12.1 Å². The van der Waals surface area contributed by atoms with Crippen molar-refractivity contribution >= 4 is 11.2 Å². The maximum atomic E-state index is 13.1. The third-order valence-corrected chi connectivity index (χ3v) is 6.64. The van der Waals surface area contributed by atoms with Gasteiger partial charge in [0.1, 0.15) is 4.75 Å². The van der Waals surface area contributed by atoms with Crippen molar-refractivity contribution in [2.75, 3.05) is 6.61 Å². The van der Waals surface area contributed by atoms with Crippen molar-refractivity contribution in [1.82, 2.24) is 9.97 Å². The van der Waals surface area contributed by atoms with Crippen LogP contribution in [-0.2, 0) is 28.3 Å². The Labute approximate surface area is 165 Å². The molecule has 0 spiro atoms. The van der Waals surface area contributed by atoms with Crippen molar-refractivity contribution < 1.29 is 35.6 Å². The Morgan fingerprint density at radius 1 is 1.10 bits per heavy atom. The first-order chi connectivity index (χ1) is 13.4. The first-order valence-corrected chi connectivity index (χ1v) is 9.65. The summed E-state index contributed by atoms with van der Waals surface area (Å²) in [5, 5.41) is 0. The summed E-state index contributed by atoms with van der Waals surface area (Å²) >= 11 is -1.79. The summed E-state index contributed by atoms with van der Waals surface area (Å²) in [5.41, 5.74) is -0.614. The van der Waals surface area contributed by atoms with E-state index >= 15 is 0 Å². The first kappa shape index (κ1) is 21.8. The average Bonchev–Trinajstić information content (AvgIpc) is 2.66. The predicted octanol–water partition coefficient (Wildman–Crippen LogP) is 4.93.